The van der Waals surface area contributed by atoms with Gasteiger partial charge >= 0.3 is 11.9 Å². The predicted molar refractivity (Wildman–Crippen MR) is 191 cm³/mol. The molecular weight excluding hydrogens is 621 g/mol. The van der Waals surface area contributed by atoms with Crippen LogP contribution in [0.4, 0.5) is 0 Å². The molecule has 0 aliphatic rings. The Bertz CT molecular complexity index is 1130. The maximum absolute atomic E-state index is 12.5. The number of carbonyl (C=O) groups is 2. The van der Waals surface area contributed by atoms with Crippen molar-refractivity contribution >= 4 is 45.9 Å². The molecule has 3 aromatic rings. The van der Waals surface area contributed by atoms with Gasteiger partial charge in [0.05, 0.1) is 23.0 Å². The summed E-state index contributed by atoms with van der Waals surface area (Å²) in [6.45, 7) is 5.39. The quantitative estimate of drug-likeness (QED) is 0.0623. The van der Waals surface area contributed by atoms with E-state index in [2.05, 4.69) is 23.8 Å². The summed E-state index contributed by atoms with van der Waals surface area (Å²) >= 11 is 4.43. The number of unbranched alkanes of at least 4 members (excludes halogenated alkanes) is 18. The third kappa shape index (κ3) is 14.9. The molecule has 0 saturated heterocycles. The standard InChI is InChI=1S/C36H54N2O4S3/c1-3-5-7-9-11-13-15-17-19-21-25-41-35(39)29-27-43-33(37-29)31-23-24-32(45-31)34-38-30(28-44-34)36(40)42-26-22-20-18-16-14-12-10-8-6-4-2/h23-24,27-28H,3-22,25-26H2,1-2H3. The third-order valence-corrected chi connectivity index (χ3v) is 11.0. The Morgan fingerprint density at radius 3 is 1.22 bits per heavy atom. The molecule has 0 aliphatic heterocycles. The number of ether oxygens (including phenoxy) is 2. The normalized spacial score (nSPS) is 11.2. The summed E-state index contributed by atoms with van der Waals surface area (Å²) in [6.07, 6.45) is 25.0. The first-order chi connectivity index (χ1) is 22.1. The van der Waals surface area contributed by atoms with Gasteiger partial charge in [0, 0.05) is 10.8 Å². The number of thiophene rings is 1. The highest BCUT2D eigenvalue weighted by molar-refractivity contribution is 7.25. The molecule has 3 rings (SSSR count). The molecule has 0 fully saturated rings. The van der Waals surface area contributed by atoms with Gasteiger partial charge in [0.15, 0.2) is 11.4 Å². The van der Waals surface area contributed by atoms with E-state index in [1.165, 1.54) is 125 Å². The van der Waals surface area contributed by atoms with Crippen LogP contribution >= 0.6 is 34.0 Å². The van der Waals surface area contributed by atoms with Crippen LogP contribution in [-0.4, -0.2) is 35.1 Å². The summed E-state index contributed by atoms with van der Waals surface area (Å²) in [5.41, 5.74) is 0.720. The van der Waals surface area contributed by atoms with Gasteiger partial charge in [-0.2, -0.15) is 0 Å². The number of aromatic nitrogens is 2. The number of hydrogen-bond acceptors (Lipinski definition) is 9. The molecule has 0 aromatic carbocycles. The summed E-state index contributed by atoms with van der Waals surface area (Å²) in [6, 6.07) is 3.98. The largest absolute Gasteiger partial charge is 0.461 e. The van der Waals surface area contributed by atoms with E-state index in [0.717, 1.165) is 45.5 Å². The number of esters is 2. The lowest BCUT2D eigenvalue weighted by Crippen LogP contribution is -2.06. The minimum absolute atomic E-state index is 0.355. The van der Waals surface area contributed by atoms with Crippen molar-refractivity contribution < 1.29 is 19.1 Å². The monoisotopic (exact) mass is 674 g/mol. The van der Waals surface area contributed by atoms with Crippen LogP contribution in [0, 0.1) is 0 Å². The second kappa shape index (κ2) is 23.3. The van der Waals surface area contributed by atoms with Gasteiger partial charge < -0.3 is 9.47 Å². The molecule has 250 valence electrons. The number of nitrogens with zero attached hydrogens (tertiary/aromatic N) is 2. The van der Waals surface area contributed by atoms with Gasteiger partial charge in [-0.25, -0.2) is 19.6 Å². The van der Waals surface area contributed by atoms with E-state index in [1.807, 2.05) is 12.1 Å². The van der Waals surface area contributed by atoms with E-state index >= 15 is 0 Å². The van der Waals surface area contributed by atoms with Gasteiger partial charge in [-0.1, -0.05) is 129 Å². The van der Waals surface area contributed by atoms with Crippen molar-refractivity contribution in [2.24, 2.45) is 0 Å². The molecule has 0 amide bonds. The summed E-state index contributed by atoms with van der Waals surface area (Å²) in [5, 5.41) is 5.10. The molecule has 0 N–H and O–H groups in total. The van der Waals surface area contributed by atoms with E-state index in [1.54, 1.807) is 22.1 Å². The Hall–Kier alpha value is -2.10. The van der Waals surface area contributed by atoms with Gasteiger partial charge in [0.25, 0.3) is 0 Å². The molecule has 6 nitrogen and oxygen atoms in total. The number of thiazole rings is 2. The van der Waals surface area contributed by atoms with Crippen LogP contribution in [-0.2, 0) is 9.47 Å². The summed E-state index contributed by atoms with van der Waals surface area (Å²) in [7, 11) is 0. The van der Waals surface area contributed by atoms with E-state index in [0.29, 0.717) is 24.6 Å². The lowest BCUT2D eigenvalue weighted by atomic mass is 10.1. The van der Waals surface area contributed by atoms with E-state index in [4.69, 9.17) is 9.47 Å². The highest BCUT2D eigenvalue weighted by atomic mass is 32.1. The molecule has 3 aromatic heterocycles. The lowest BCUT2D eigenvalue weighted by molar-refractivity contribution is 0.0482. The molecule has 0 bridgehead atoms. The average Bonchev–Trinajstić information content (AvgIpc) is 3.83. The fourth-order valence-corrected chi connectivity index (χ4v) is 7.91. The smallest absolute Gasteiger partial charge is 0.357 e. The summed E-state index contributed by atoms with van der Waals surface area (Å²) in [4.78, 5) is 36.0. The number of rotatable bonds is 26. The molecule has 0 atom stereocenters. The first-order valence-electron chi connectivity index (χ1n) is 17.5. The van der Waals surface area contributed by atoms with Crippen LogP contribution in [0.1, 0.15) is 163 Å². The van der Waals surface area contributed by atoms with E-state index in [-0.39, 0.29) is 11.9 Å². The summed E-state index contributed by atoms with van der Waals surface area (Å²) < 4.78 is 11.0. The van der Waals surface area contributed by atoms with Crippen LogP contribution < -0.4 is 0 Å². The lowest BCUT2D eigenvalue weighted by Gasteiger charge is -2.04. The highest BCUT2D eigenvalue weighted by Crippen LogP contribution is 2.37. The molecule has 0 saturated carbocycles. The van der Waals surface area contributed by atoms with Crippen molar-refractivity contribution in [1.82, 2.24) is 9.97 Å². The Labute approximate surface area is 283 Å². The zero-order valence-electron chi connectivity index (χ0n) is 27.6. The first-order valence-corrected chi connectivity index (χ1v) is 20.1. The van der Waals surface area contributed by atoms with E-state index < -0.39 is 0 Å². The highest BCUT2D eigenvalue weighted by Gasteiger charge is 2.17. The minimum atomic E-state index is -0.355. The van der Waals surface area contributed by atoms with Gasteiger partial charge in [0.1, 0.15) is 10.0 Å². The maximum atomic E-state index is 12.5. The molecule has 45 heavy (non-hydrogen) atoms. The Morgan fingerprint density at radius 1 is 0.533 bits per heavy atom. The van der Waals surface area contributed by atoms with Gasteiger partial charge in [-0.15, -0.1) is 34.0 Å². The Morgan fingerprint density at radius 2 is 0.867 bits per heavy atom. The van der Waals surface area contributed by atoms with Gasteiger partial charge in [-0.3, -0.25) is 0 Å². The van der Waals surface area contributed by atoms with Crippen LogP contribution in [0.15, 0.2) is 22.9 Å². The zero-order valence-corrected chi connectivity index (χ0v) is 30.1. The Balaban J connectivity index is 1.30. The second-order valence-electron chi connectivity index (χ2n) is 11.9. The fraction of sp³-hybridized carbons (Fsp3) is 0.667. The van der Waals surface area contributed by atoms with Crippen molar-refractivity contribution in [2.75, 3.05) is 13.2 Å². The molecular formula is C36H54N2O4S3. The Kier molecular flexibility index (Phi) is 19.3. The van der Waals surface area contributed by atoms with Crippen LogP contribution in [0.5, 0.6) is 0 Å². The number of carbonyl (C=O) groups excluding carboxylic acids is 2. The SMILES string of the molecule is CCCCCCCCCCCCOC(=O)c1csc(-c2ccc(-c3nc(C(=O)OCCCCCCCCCCCC)cs3)s2)n1. The summed E-state index contributed by atoms with van der Waals surface area (Å²) in [5.74, 6) is -0.711. The van der Waals surface area contributed by atoms with Crippen molar-refractivity contribution in [2.45, 2.75) is 142 Å². The molecule has 0 spiro atoms. The zero-order chi connectivity index (χ0) is 32.0. The maximum Gasteiger partial charge on any atom is 0.357 e. The van der Waals surface area contributed by atoms with Crippen LogP contribution in [0.2, 0.25) is 0 Å². The third-order valence-electron chi connectivity index (χ3n) is 7.92. The minimum Gasteiger partial charge on any atom is -0.461 e. The molecule has 9 heteroatoms. The van der Waals surface area contributed by atoms with Crippen molar-refractivity contribution in [3.63, 3.8) is 0 Å². The topological polar surface area (TPSA) is 78.4 Å². The molecule has 0 radical (unpaired) electrons. The average molecular weight is 675 g/mol. The second-order valence-corrected chi connectivity index (χ2v) is 14.7. The first kappa shape index (κ1) is 37.4. The number of hydrogen-bond donors (Lipinski definition) is 0. The molecule has 0 aliphatic carbocycles. The van der Waals surface area contributed by atoms with Crippen molar-refractivity contribution in [3.8, 4) is 19.8 Å². The van der Waals surface area contributed by atoms with Crippen molar-refractivity contribution in [3.05, 3.63) is 34.3 Å². The van der Waals surface area contributed by atoms with E-state index in [9.17, 15) is 9.59 Å². The van der Waals surface area contributed by atoms with Crippen LogP contribution in [0.25, 0.3) is 19.8 Å². The van der Waals surface area contributed by atoms with Gasteiger partial charge in [-0.05, 0) is 25.0 Å². The predicted octanol–water partition coefficient (Wildman–Crippen LogP) is 12.2. The van der Waals surface area contributed by atoms with Crippen molar-refractivity contribution in [1.29, 1.82) is 0 Å². The molecule has 3 heterocycles. The van der Waals surface area contributed by atoms with Crippen LogP contribution in [0.3, 0.4) is 0 Å². The fourth-order valence-electron chi connectivity index (χ4n) is 5.19. The van der Waals surface area contributed by atoms with Gasteiger partial charge in [0.2, 0.25) is 0 Å². The molecule has 0 unspecified atom stereocenters.